The Morgan fingerprint density at radius 3 is 1.05 bits per heavy atom. The lowest BCUT2D eigenvalue weighted by Crippen LogP contribution is -2.14. The third-order valence-electron chi connectivity index (χ3n) is 10.0. The molecule has 6 aromatic carbocycles. The van der Waals surface area contributed by atoms with E-state index in [2.05, 4.69) is 131 Å². The first-order valence-electron chi connectivity index (χ1n) is 18.8. The van der Waals surface area contributed by atoms with Crippen LogP contribution in [0.25, 0.3) is 0 Å². The zero-order valence-corrected chi connectivity index (χ0v) is 32.2. The molecule has 0 bridgehead atoms. The molecule has 0 N–H and O–H groups in total. The molecule has 0 aliphatic carbocycles. The van der Waals surface area contributed by atoms with E-state index in [1.165, 1.54) is 44.8 Å². The molecule has 0 amide bonds. The van der Waals surface area contributed by atoms with E-state index in [1.807, 2.05) is 64.6 Å². The van der Waals surface area contributed by atoms with E-state index in [1.54, 1.807) is 0 Å². The molecule has 0 aromatic heterocycles. The van der Waals surface area contributed by atoms with Gasteiger partial charge in [-0.05, 0) is 81.6 Å². The quantitative estimate of drug-likeness (QED) is 0.0731. The third-order valence-corrected chi connectivity index (χ3v) is 10.0. The van der Waals surface area contributed by atoms with Gasteiger partial charge in [-0.25, -0.2) is 0 Å². The van der Waals surface area contributed by atoms with Gasteiger partial charge in [0.2, 0.25) is 0 Å². The average Bonchev–Trinajstić information content (AvgIpc) is 3.22. The highest BCUT2D eigenvalue weighted by Gasteiger charge is 2.18. The lowest BCUT2D eigenvalue weighted by molar-refractivity contribution is -0.156. The van der Waals surface area contributed by atoms with Crippen LogP contribution in [0.4, 0.5) is 11.4 Å². The molecule has 0 heterocycles. The Morgan fingerprint density at radius 1 is 0.418 bits per heavy atom. The number of carbonyl (C=O) groups is 2. The molecule has 6 aromatic rings. The minimum Gasteiger partial charge on any atom is -0.460 e. The molecule has 280 valence electrons. The molecule has 0 aliphatic heterocycles. The Hall–Kier alpha value is -6.14. The van der Waals surface area contributed by atoms with Crippen molar-refractivity contribution < 1.29 is 19.1 Å². The highest BCUT2D eigenvalue weighted by molar-refractivity contribution is 5.91. The second-order valence-corrected chi connectivity index (χ2v) is 14.4. The summed E-state index contributed by atoms with van der Waals surface area (Å²) in [4.78, 5) is 29.3. The van der Waals surface area contributed by atoms with E-state index in [0.717, 1.165) is 24.0 Å². The molecule has 55 heavy (non-hydrogen) atoms. The van der Waals surface area contributed by atoms with Crippen LogP contribution < -0.4 is 9.80 Å². The number of hydrogen-bond donors (Lipinski definition) is 0. The largest absolute Gasteiger partial charge is 0.460 e. The standard InChI is InChI=1S/C49H50N2O4/c1-50(2)44-27-23-42(24-28-44)46(40-11-7-5-8-12-40)31-36-15-19-38(20-16-36)34-54-48(52)33-49(53)55-35-39-21-17-37(18-22-39)32-47(41-13-9-6-10-14-41)43-25-29-45(30-26-43)51(3)4/h5-30,46-47H,31-35H2,1-4H3. The minimum absolute atomic E-state index is 0.0890. The first-order valence-corrected chi connectivity index (χ1v) is 18.8. The molecular weight excluding hydrogens is 681 g/mol. The van der Waals surface area contributed by atoms with Crippen LogP contribution in [0.5, 0.6) is 0 Å². The highest BCUT2D eigenvalue weighted by Crippen LogP contribution is 2.31. The van der Waals surface area contributed by atoms with Gasteiger partial charge in [0, 0.05) is 51.4 Å². The highest BCUT2D eigenvalue weighted by atomic mass is 16.6. The van der Waals surface area contributed by atoms with Crippen molar-refractivity contribution in [3.8, 4) is 0 Å². The zero-order chi connectivity index (χ0) is 38.6. The smallest absolute Gasteiger partial charge is 0.317 e. The average molecular weight is 731 g/mol. The van der Waals surface area contributed by atoms with E-state index in [-0.39, 0.29) is 25.0 Å². The molecule has 2 unspecified atom stereocenters. The van der Waals surface area contributed by atoms with E-state index in [9.17, 15) is 9.59 Å². The maximum atomic E-state index is 12.5. The Kier molecular flexibility index (Phi) is 13.2. The van der Waals surface area contributed by atoms with Gasteiger partial charge in [0.25, 0.3) is 0 Å². The summed E-state index contributed by atoms with van der Waals surface area (Å²) < 4.78 is 10.9. The fraction of sp³-hybridized carbons (Fsp3) is 0.224. The number of esters is 2. The van der Waals surface area contributed by atoms with E-state index in [0.29, 0.717) is 0 Å². The van der Waals surface area contributed by atoms with Crippen molar-refractivity contribution in [2.75, 3.05) is 38.0 Å². The van der Waals surface area contributed by atoms with Crippen molar-refractivity contribution in [1.82, 2.24) is 0 Å². The maximum absolute atomic E-state index is 12.5. The summed E-state index contributed by atoms with van der Waals surface area (Å²) in [6.07, 6.45) is 1.23. The SMILES string of the molecule is CN(C)c1ccc(C(Cc2ccc(COC(=O)CC(=O)OCc3ccc(CC(c4ccccc4)c4ccc(N(C)C)cc4)cc3)cc2)c2ccccc2)cc1. The molecule has 0 radical (unpaired) electrons. The van der Waals surface area contributed by atoms with E-state index >= 15 is 0 Å². The molecule has 2 atom stereocenters. The fourth-order valence-corrected chi connectivity index (χ4v) is 6.80. The predicted octanol–water partition coefficient (Wildman–Crippen LogP) is 9.74. The normalized spacial score (nSPS) is 12.0. The number of benzene rings is 6. The maximum Gasteiger partial charge on any atom is 0.317 e. The molecule has 0 saturated carbocycles. The van der Waals surface area contributed by atoms with Crippen molar-refractivity contribution in [2.45, 2.75) is 44.3 Å². The number of ether oxygens (including phenoxy) is 2. The fourth-order valence-electron chi connectivity index (χ4n) is 6.80. The van der Waals surface area contributed by atoms with Crippen LogP contribution in [0, 0.1) is 0 Å². The minimum atomic E-state index is -0.611. The van der Waals surface area contributed by atoms with Gasteiger partial charge in [-0.15, -0.1) is 0 Å². The molecule has 6 heteroatoms. The number of rotatable bonds is 16. The molecule has 0 saturated heterocycles. The summed E-state index contributed by atoms with van der Waals surface area (Å²) in [6, 6.07) is 54.8. The number of nitrogens with zero attached hydrogens (tertiary/aromatic N) is 2. The van der Waals surface area contributed by atoms with Crippen LogP contribution in [0.15, 0.2) is 158 Å². The van der Waals surface area contributed by atoms with Crippen molar-refractivity contribution in [1.29, 1.82) is 0 Å². The van der Waals surface area contributed by atoms with Crippen LogP contribution in [0.3, 0.4) is 0 Å². The summed E-state index contributed by atoms with van der Waals surface area (Å²) in [5.74, 6) is -0.816. The van der Waals surface area contributed by atoms with Crippen LogP contribution in [0.1, 0.15) is 62.8 Å². The van der Waals surface area contributed by atoms with Gasteiger partial charge in [0.05, 0.1) is 0 Å². The Morgan fingerprint density at radius 2 is 0.727 bits per heavy atom. The van der Waals surface area contributed by atoms with Gasteiger partial charge in [-0.2, -0.15) is 0 Å². The monoisotopic (exact) mass is 730 g/mol. The molecule has 6 rings (SSSR count). The van der Waals surface area contributed by atoms with Crippen LogP contribution in [-0.2, 0) is 45.1 Å². The van der Waals surface area contributed by atoms with E-state index < -0.39 is 18.4 Å². The zero-order valence-electron chi connectivity index (χ0n) is 32.2. The van der Waals surface area contributed by atoms with Crippen molar-refractivity contribution in [2.24, 2.45) is 0 Å². The van der Waals surface area contributed by atoms with Gasteiger partial charge in [0.15, 0.2) is 0 Å². The van der Waals surface area contributed by atoms with Gasteiger partial charge >= 0.3 is 11.9 Å². The summed E-state index contributed by atoms with van der Waals surface area (Å²) in [5, 5.41) is 0. The van der Waals surface area contributed by atoms with Crippen molar-refractivity contribution in [3.63, 3.8) is 0 Å². The van der Waals surface area contributed by atoms with Gasteiger partial charge < -0.3 is 19.3 Å². The molecule has 6 nitrogen and oxygen atoms in total. The summed E-state index contributed by atoms with van der Waals surface area (Å²) in [5.41, 5.74) is 11.5. The van der Waals surface area contributed by atoms with Crippen LogP contribution in [0.2, 0.25) is 0 Å². The summed E-state index contributed by atoms with van der Waals surface area (Å²) >= 11 is 0. The Labute approximate surface area is 326 Å². The Balaban J connectivity index is 0.973. The number of hydrogen-bond acceptors (Lipinski definition) is 6. The van der Waals surface area contributed by atoms with Gasteiger partial charge in [-0.1, -0.05) is 133 Å². The van der Waals surface area contributed by atoms with Crippen LogP contribution >= 0.6 is 0 Å². The first-order chi connectivity index (χ1) is 26.7. The second-order valence-electron chi connectivity index (χ2n) is 14.4. The van der Waals surface area contributed by atoms with Crippen molar-refractivity contribution >= 4 is 23.3 Å². The second kappa shape index (κ2) is 18.8. The van der Waals surface area contributed by atoms with Gasteiger partial charge in [-0.3, -0.25) is 9.59 Å². The molecule has 0 spiro atoms. The topological polar surface area (TPSA) is 59.1 Å². The number of carbonyl (C=O) groups excluding carboxylic acids is 2. The third kappa shape index (κ3) is 11.0. The lowest BCUT2D eigenvalue weighted by Gasteiger charge is -2.20. The first kappa shape index (κ1) is 38.6. The molecule has 0 aliphatic rings. The predicted molar refractivity (Wildman–Crippen MR) is 223 cm³/mol. The summed E-state index contributed by atoms with van der Waals surface area (Å²) in [7, 11) is 8.18. The Bertz CT molecular complexity index is 1940. The lowest BCUT2D eigenvalue weighted by atomic mass is 9.86. The molecular formula is C49H50N2O4. The van der Waals surface area contributed by atoms with Gasteiger partial charge in [0.1, 0.15) is 19.6 Å². The number of anilines is 2. The molecule has 0 fully saturated rings. The van der Waals surface area contributed by atoms with Crippen molar-refractivity contribution in [3.05, 3.63) is 202 Å². The summed E-state index contributed by atoms with van der Waals surface area (Å²) in [6.45, 7) is 0.178. The van der Waals surface area contributed by atoms with Crippen LogP contribution in [-0.4, -0.2) is 40.1 Å². The van der Waals surface area contributed by atoms with E-state index in [4.69, 9.17) is 9.47 Å².